The van der Waals surface area contributed by atoms with Gasteiger partial charge in [0, 0.05) is 13.0 Å². The Hall–Kier alpha value is -2.12. The molecule has 8 heteroatoms. The van der Waals surface area contributed by atoms with Crippen molar-refractivity contribution < 1.29 is 29.0 Å². The van der Waals surface area contributed by atoms with E-state index in [1.54, 1.807) is 6.92 Å². The third-order valence-electron chi connectivity index (χ3n) is 3.13. The molecule has 0 aliphatic carbocycles. The van der Waals surface area contributed by atoms with Crippen LogP contribution in [-0.4, -0.2) is 53.1 Å². The lowest BCUT2D eigenvalue weighted by Gasteiger charge is -2.33. The van der Waals surface area contributed by atoms with Gasteiger partial charge in [0.2, 0.25) is 5.91 Å². The normalized spacial score (nSPS) is 18.0. The molecule has 0 saturated carbocycles. The van der Waals surface area contributed by atoms with Gasteiger partial charge in [0.15, 0.2) is 0 Å². The van der Waals surface area contributed by atoms with Gasteiger partial charge in [-0.1, -0.05) is 0 Å². The van der Waals surface area contributed by atoms with Crippen LogP contribution in [0.4, 0.5) is 4.79 Å². The smallest absolute Gasteiger partial charge is 0.328 e. The highest BCUT2D eigenvalue weighted by molar-refractivity contribution is 5.96. The SMILES string of the molecule is CCOC(=O)C1CCCCN1C(=O)NC(=O)CCC(=O)O. The maximum absolute atomic E-state index is 12.0. The Morgan fingerprint density at radius 1 is 1.24 bits per heavy atom. The molecule has 1 fully saturated rings. The van der Waals surface area contributed by atoms with Crippen LogP contribution < -0.4 is 5.32 Å². The van der Waals surface area contributed by atoms with Gasteiger partial charge in [0.05, 0.1) is 13.0 Å². The Morgan fingerprint density at radius 3 is 2.57 bits per heavy atom. The van der Waals surface area contributed by atoms with Crippen molar-refractivity contribution in [2.75, 3.05) is 13.2 Å². The Balaban J connectivity index is 2.58. The van der Waals surface area contributed by atoms with Gasteiger partial charge in [-0.05, 0) is 26.2 Å². The van der Waals surface area contributed by atoms with Crippen molar-refractivity contribution in [2.45, 2.75) is 45.1 Å². The van der Waals surface area contributed by atoms with Gasteiger partial charge >= 0.3 is 18.0 Å². The molecule has 8 nitrogen and oxygen atoms in total. The van der Waals surface area contributed by atoms with Gasteiger partial charge in [-0.3, -0.25) is 14.9 Å². The molecule has 0 aromatic heterocycles. The zero-order valence-electron chi connectivity index (χ0n) is 12.0. The molecule has 0 spiro atoms. The molecule has 2 N–H and O–H groups in total. The number of carboxylic acids is 1. The maximum atomic E-state index is 12.0. The van der Waals surface area contributed by atoms with Crippen LogP contribution in [0.1, 0.15) is 39.0 Å². The number of hydrogen-bond donors (Lipinski definition) is 2. The number of rotatable bonds is 5. The molecule has 1 heterocycles. The first-order valence-electron chi connectivity index (χ1n) is 6.94. The Morgan fingerprint density at radius 2 is 1.95 bits per heavy atom. The Kier molecular flexibility index (Phi) is 6.64. The van der Waals surface area contributed by atoms with Crippen molar-refractivity contribution in [2.24, 2.45) is 0 Å². The van der Waals surface area contributed by atoms with Crippen molar-refractivity contribution in [3.63, 3.8) is 0 Å². The number of nitrogens with zero attached hydrogens (tertiary/aromatic N) is 1. The first-order chi connectivity index (χ1) is 9.95. The van der Waals surface area contributed by atoms with E-state index in [1.807, 2.05) is 0 Å². The van der Waals surface area contributed by atoms with E-state index < -0.39 is 29.9 Å². The molecule has 0 aromatic rings. The number of piperidine rings is 1. The lowest BCUT2D eigenvalue weighted by atomic mass is 10.0. The molecule has 0 bridgehead atoms. The molecule has 3 amide bonds. The fraction of sp³-hybridized carbons (Fsp3) is 0.692. The second-order valence-electron chi connectivity index (χ2n) is 4.70. The summed E-state index contributed by atoms with van der Waals surface area (Å²) in [5.41, 5.74) is 0. The van der Waals surface area contributed by atoms with Crippen LogP contribution in [0.15, 0.2) is 0 Å². The molecule has 118 valence electrons. The van der Waals surface area contributed by atoms with E-state index in [2.05, 4.69) is 5.32 Å². The molecule has 1 saturated heterocycles. The third kappa shape index (κ3) is 5.41. The molecule has 0 radical (unpaired) electrons. The Labute approximate surface area is 122 Å². The lowest BCUT2D eigenvalue weighted by molar-refractivity contribution is -0.149. The summed E-state index contributed by atoms with van der Waals surface area (Å²) in [4.78, 5) is 46.9. The van der Waals surface area contributed by atoms with Crippen LogP contribution in [0.5, 0.6) is 0 Å². The minimum atomic E-state index is -1.11. The number of ether oxygens (including phenoxy) is 1. The summed E-state index contributed by atoms with van der Waals surface area (Å²) in [6.45, 7) is 2.27. The minimum absolute atomic E-state index is 0.225. The highest BCUT2D eigenvalue weighted by Crippen LogP contribution is 2.18. The van der Waals surface area contributed by atoms with E-state index in [9.17, 15) is 19.2 Å². The monoisotopic (exact) mass is 300 g/mol. The molecule has 0 aromatic carbocycles. The van der Waals surface area contributed by atoms with Gasteiger partial charge in [-0.15, -0.1) is 0 Å². The predicted molar refractivity (Wildman–Crippen MR) is 71.4 cm³/mol. The number of nitrogens with one attached hydrogen (secondary N) is 1. The van der Waals surface area contributed by atoms with Crippen LogP contribution in [0.25, 0.3) is 0 Å². The van der Waals surface area contributed by atoms with Crippen LogP contribution in [-0.2, 0) is 19.1 Å². The van der Waals surface area contributed by atoms with Crippen LogP contribution in [0.3, 0.4) is 0 Å². The second kappa shape index (κ2) is 8.23. The summed E-state index contributed by atoms with van der Waals surface area (Å²) in [6, 6.07) is -1.37. The van der Waals surface area contributed by atoms with Crippen LogP contribution in [0.2, 0.25) is 0 Å². The van der Waals surface area contributed by atoms with Crippen LogP contribution >= 0.6 is 0 Å². The standard InChI is InChI=1S/C13H20N2O6/c1-2-21-12(19)9-5-3-4-8-15(9)13(20)14-10(16)6-7-11(17)18/h9H,2-8H2,1H3,(H,17,18)(H,14,16,20). The van der Waals surface area contributed by atoms with E-state index in [0.717, 1.165) is 12.8 Å². The topological polar surface area (TPSA) is 113 Å². The van der Waals surface area contributed by atoms with Crippen molar-refractivity contribution in [1.29, 1.82) is 0 Å². The maximum Gasteiger partial charge on any atom is 0.328 e. The van der Waals surface area contributed by atoms with Gasteiger partial charge < -0.3 is 14.7 Å². The third-order valence-corrected chi connectivity index (χ3v) is 3.13. The van der Waals surface area contributed by atoms with Crippen molar-refractivity contribution in [3.8, 4) is 0 Å². The average Bonchev–Trinajstić information content (AvgIpc) is 2.45. The highest BCUT2D eigenvalue weighted by atomic mass is 16.5. The average molecular weight is 300 g/mol. The number of carbonyl (C=O) groups is 4. The highest BCUT2D eigenvalue weighted by Gasteiger charge is 2.33. The van der Waals surface area contributed by atoms with Gasteiger partial charge in [-0.2, -0.15) is 0 Å². The van der Waals surface area contributed by atoms with Gasteiger partial charge in [0.1, 0.15) is 6.04 Å². The van der Waals surface area contributed by atoms with E-state index >= 15 is 0 Å². The molecule has 1 aliphatic rings. The predicted octanol–water partition coefficient (Wildman–Crippen LogP) is 0.505. The van der Waals surface area contributed by atoms with E-state index in [-0.39, 0.29) is 19.4 Å². The van der Waals surface area contributed by atoms with Crippen molar-refractivity contribution >= 4 is 23.9 Å². The number of amides is 3. The number of hydrogen-bond acceptors (Lipinski definition) is 5. The summed E-state index contributed by atoms with van der Waals surface area (Å²) in [6.07, 6.45) is 1.42. The molecule has 21 heavy (non-hydrogen) atoms. The number of likely N-dealkylation sites (tertiary alicyclic amines) is 1. The number of aliphatic carboxylic acids is 1. The fourth-order valence-electron chi connectivity index (χ4n) is 2.13. The van der Waals surface area contributed by atoms with E-state index in [0.29, 0.717) is 13.0 Å². The second-order valence-corrected chi connectivity index (χ2v) is 4.70. The zero-order chi connectivity index (χ0) is 15.8. The summed E-state index contributed by atoms with van der Waals surface area (Å²) < 4.78 is 4.92. The molecular formula is C13H20N2O6. The number of carboxylic acid groups (broad SMARTS) is 1. The number of esters is 1. The molecule has 1 atom stereocenters. The lowest BCUT2D eigenvalue weighted by Crippen LogP contribution is -2.53. The zero-order valence-corrected chi connectivity index (χ0v) is 12.0. The van der Waals surface area contributed by atoms with Gasteiger partial charge in [0.25, 0.3) is 0 Å². The van der Waals surface area contributed by atoms with Crippen molar-refractivity contribution in [1.82, 2.24) is 10.2 Å². The molecular weight excluding hydrogens is 280 g/mol. The summed E-state index contributed by atoms with van der Waals surface area (Å²) in [5, 5.41) is 10.6. The summed E-state index contributed by atoms with van der Waals surface area (Å²) in [7, 11) is 0. The minimum Gasteiger partial charge on any atom is -0.481 e. The summed E-state index contributed by atoms with van der Waals surface area (Å²) in [5.74, 6) is -2.26. The first-order valence-corrected chi connectivity index (χ1v) is 6.94. The van der Waals surface area contributed by atoms with E-state index in [4.69, 9.17) is 9.84 Å². The molecule has 1 rings (SSSR count). The number of carbonyl (C=O) groups excluding carboxylic acids is 3. The number of imide groups is 1. The van der Waals surface area contributed by atoms with Crippen LogP contribution in [0, 0.1) is 0 Å². The van der Waals surface area contributed by atoms with Gasteiger partial charge in [-0.25, -0.2) is 9.59 Å². The molecule has 1 aliphatic heterocycles. The first kappa shape index (κ1) is 16.9. The quantitative estimate of drug-likeness (QED) is 0.715. The van der Waals surface area contributed by atoms with Crippen molar-refractivity contribution in [3.05, 3.63) is 0 Å². The number of urea groups is 1. The summed E-state index contributed by atoms with van der Waals surface area (Å²) >= 11 is 0. The fourth-order valence-corrected chi connectivity index (χ4v) is 2.13. The van der Waals surface area contributed by atoms with E-state index in [1.165, 1.54) is 4.90 Å². The Bertz CT molecular complexity index is 423. The largest absolute Gasteiger partial charge is 0.481 e. The molecule has 1 unspecified atom stereocenters.